The van der Waals surface area contributed by atoms with E-state index in [0.717, 1.165) is 11.3 Å². The zero-order chi connectivity index (χ0) is 13.9. The van der Waals surface area contributed by atoms with Crippen molar-refractivity contribution in [1.82, 2.24) is 10.3 Å². The molecule has 1 aliphatic carbocycles. The highest BCUT2D eigenvalue weighted by Crippen LogP contribution is 2.41. The molecule has 0 aliphatic heterocycles. The highest BCUT2D eigenvalue weighted by molar-refractivity contribution is 7.09. The quantitative estimate of drug-likeness (QED) is 0.917. The number of hydrogen-bond acceptors (Lipinski definition) is 3. The maximum Gasteiger partial charge on any atom is 0.224 e. The van der Waals surface area contributed by atoms with E-state index >= 15 is 0 Å². The molecule has 1 heterocycles. The number of aromatic nitrogens is 1. The van der Waals surface area contributed by atoms with Gasteiger partial charge in [-0.25, -0.2) is 4.98 Å². The van der Waals surface area contributed by atoms with E-state index in [1.54, 1.807) is 11.3 Å². The third-order valence-corrected chi connectivity index (χ3v) is 4.50. The van der Waals surface area contributed by atoms with Crippen LogP contribution in [0.5, 0.6) is 0 Å². The SMILES string of the molecule is Cc1ccc(CC(=O)NCc2csc(C3CC3)n2)cc1. The summed E-state index contributed by atoms with van der Waals surface area (Å²) in [6.07, 6.45) is 2.97. The van der Waals surface area contributed by atoms with E-state index in [9.17, 15) is 4.79 Å². The van der Waals surface area contributed by atoms with Gasteiger partial charge in [0.25, 0.3) is 0 Å². The predicted octanol–water partition coefficient (Wildman–Crippen LogP) is 3.19. The molecular weight excluding hydrogens is 268 g/mol. The van der Waals surface area contributed by atoms with Crippen molar-refractivity contribution in [3.63, 3.8) is 0 Å². The van der Waals surface area contributed by atoms with E-state index in [1.165, 1.54) is 23.4 Å². The Labute approximate surface area is 123 Å². The van der Waals surface area contributed by atoms with Crippen LogP contribution >= 0.6 is 11.3 Å². The van der Waals surface area contributed by atoms with Gasteiger partial charge in [-0.2, -0.15) is 0 Å². The maximum atomic E-state index is 11.9. The van der Waals surface area contributed by atoms with Crippen LogP contribution < -0.4 is 5.32 Å². The Morgan fingerprint density at radius 2 is 2.10 bits per heavy atom. The lowest BCUT2D eigenvalue weighted by atomic mass is 10.1. The molecule has 0 saturated heterocycles. The van der Waals surface area contributed by atoms with E-state index in [4.69, 9.17) is 0 Å². The van der Waals surface area contributed by atoms with Gasteiger partial charge in [0.05, 0.1) is 23.7 Å². The Bertz CT molecular complexity index is 599. The Morgan fingerprint density at radius 3 is 2.80 bits per heavy atom. The average Bonchev–Trinajstić information content (AvgIpc) is 3.18. The van der Waals surface area contributed by atoms with Crippen molar-refractivity contribution < 1.29 is 4.79 Å². The summed E-state index contributed by atoms with van der Waals surface area (Å²) in [5.41, 5.74) is 3.24. The second kappa shape index (κ2) is 5.75. The van der Waals surface area contributed by atoms with Gasteiger partial charge in [-0.15, -0.1) is 11.3 Å². The highest BCUT2D eigenvalue weighted by Gasteiger charge is 2.26. The summed E-state index contributed by atoms with van der Waals surface area (Å²) < 4.78 is 0. The van der Waals surface area contributed by atoms with Crippen molar-refractivity contribution in [2.45, 2.75) is 38.6 Å². The zero-order valence-electron chi connectivity index (χ0n) is 11.6. The van der Waals surface area contributed by atoms with Gasteiger partial charge in [-0.05, 0) is 25.3 Å². The molecule has 0 spiro atoms. The van der Waals surface area contributed by atoms with Crippen molar-refractivity contribution in [1.29, 1.82) is 0 Å². The summed E-state index contributed by atoms with van der Waals surface area (Å²) in [7, 11) is 0. The van der Waals surface area contributed by atoms with Gasteiger partial charge in [0.2, 0.25) is 5.91 Å². The first kappa shape index (κ1) is 13.3. The Morgan fingerprint density at radius 1 is 1.35 bits per heavy atom. The van der Waals surface area contributed by atoms with Crippen molar-refractivity contribution >= 4 is 17.2 Å². The molecule has 2 aromatic rings. The maximum absolute atomic E-state index is 11.9. The van der Waals surface area contributed by atoms with Crippen LogP contribution in [0.25, 0.3) is 0 Å². The lowest BCUT2D eigenvalue weighted by Crippen LogP contribution is -2.24. The van der Waals surface area contributed by atoms with Gasteiger partial charge in [0.1, 0.15) is 0 Å². The largest absolute Gasteiger partial charge is 0.350 e. The second-order valence-corrected chi connectivity index (χ2v) is 6.28. The average molecular weight is 286 g/mol. The molecule has 0 unspecified atom stereocenters. The number of hydrogen-bond donors (Lipinski definition) is 1. The van der Waals surface area contributed by atoms with Gasteiger partial charge in [-0.1, -0.05) is 29.8 Å². The zero-order valence-corrected chi connectivity index (χ0v) is 12.4. The Balaban J connectivity index is 1.49. The second-order valence-electron chi connectivity index (χ2n) is 5.39. The summed E-state index contributed by atoms with van der Waals surface area (Å²) in [5, 5.41) is 6.22. The summed E-state index contributed by atoms with van der Waals surface area (Å²) in [5.74, 6) is 0.742. The third-order valence-electron chi connectivity index (χ3n) is 3.45. The number of rotatable bonds is 5. The predicted molar refractivity (Wildman–Crippen MR) is 80.8 cm³/mol. The Kier molecular flexibility index (Phi) is 3.83. The van der Waals surface area contributed by atoms with Crippen molar-refractivity contribution in [3.05, 3.63) is 51.5 Å². The molecule has 4 heteroatoms. The minimum Gasteiger partial charge on any atom is -0.350 e. The van der Waals surface area contributed by atoms with Crippen LogP contribution in [0.3, 0.4) is 0 Å². The molecule has 1 aromatic carbocycles. The van der Waals surface area contributed by atoms with Gasteiger partial charge in [-0.3, -0.25) is 4.79 Å². The fraction of sp³-hybridized carbons (Fsp3) is 0.375. The first-order valence-electron chi connectivity index (χ1n) is 6.97. The van der Waals surface area contributed by atoms with Crippen LogP contribution in [0.15, 0.2) is 29.6 Å². The van der Waals surface area contributed by atoms with E-state index in [0.29, 0.717) is 18.9 Å². The standard InChI is InChI=1S/C16H18N2OS/c1-11-2-4-12(5-3-11)8-15(19)17-9-14-10-20-16(18-14)13-6-7-13/h2-5,10,13H,6-9H2,1H3,(H,17,19). The van der Waals surface area contributed by atoms with E-state index in [1.807, 2.05) is 31.2 Å². The molecule has 0 bridgehead atoms. The number of carbonyl (C=O) groups is 1. The minimum atomic E-state index is 0.0508. The number of carbonyl (C=O) groups excluding carboxylic acids is 1. The topological polar surface area (TPSA) is 42.0 Å². The molecule has 1 N–H and O–H groups in total. The van der Waals surface area contributed by atoms with Gasteiger partial charge < -0.3 is 5.32 Å². The monoisotopic (exact) mass is 286 g/mol. The summed E-state index contributed by atoms with van der Waals surface area (Å²) in [6, 6.07) is 8.07. The summed E-state index contributed by atoms with van der Waals surface area (Å²) in [4.78, 5) is 16.5. The van der Waals surface area contributed by atoms with Crippen molar-refractivity contribution in [2.75, 3.05) is 0 Å². The smallest absolute Gasteiger partial charge is 0.224 e. The number of aryl methyl sites for hydroxylation is 1. The van der Waals surface area contributed by atoms with Gasteiger partial charge >= 0.3 is 0 Å². The molecule has 20 heavy (non-hydrogen) atoms. The number of benzene rings is 1. The highest BCUT2D eigenvalue weighted by atomic mass is 32.1. The molecular formula is C16H18N2OS. The van der Waals surface area contributed by atoms with Crippen LogP contribution in [-0.2, 0) is 17.8 Å². The van der Waals surface area contributed by atoms with Gasteiger partial charge in [0.15, 0.2) is 0 Å². The molecule has 1 aliphatic rings. The molecule has 0 atom stereocenters. The van der Waals surface area contributed by atoms with E-state index in [-0.39, 0.29) is 5.91 Å². The minimum absolute atomic E-state index is 0.0508. The summed E-state index contributed by atoms with van der Waals surface area (Å²) in [6.45, 7) is 2.58. The summed E-state index contributed by atoms with van der Waals surface area (Å²) >= 11 is 1.71. The van der Waals surface area contributed by atoms with E-state index in [2.05, 4.69) is 15.7 Å². The number of nitrogens with one attached hydrogen (secondary N) is 1. The lowest BCUT2D eigenvalue weighted by molar-refractivity contribution is -0.120. The van der Waals surface area contributed by atoms with Crippen LogP contribution in [0.1, 0.15) is 40.6 Å². The molecule has 0 radical (unpaired) electrons. The number of nitrogens with zero attached hydrogens (tertiary/aromatic N) is 1. The van der Waals surface area contributed by atoms with Crippen LogP contribution in [0, 0.1) is 6.92 Å². The molecule has 3 nitrogen and oxygen atoms in total. The first-order chi connectivity index (χ1) is 9.70. The lowest BCUT2D eigenvalue weighted by Gasteiger charge is -2.04. The molecule has 1 aromatic heterocycles. The number of thiazole rings is 1. The first-order valence-corrected chi connectivity index (χ1v) is 7.85. The van der Waals surface area contributed by atoms with Crippen LogP contribution in [0.4, 0.5) is 0 Å². The van der Waals surface area contributed by atoms with E-state index < -0.39 is 0 Å². The Hall–Kier alpha value is -1.68. The third kappa shape index (κ3) is 3.45. The van der Waals surface area contributed by atoms with Gasteiger partial charge in [0, 0.05) is 11.3 Å². The normalized spacial score (nSPS) is 14.2. The van der Waals surface area contributed by atoms with Crippen molar-refractivity contribution in [2.24, 2.45) is 0 Å². The van der Waals surface area contributed by atoms with Crippen LogP contribution in [-0.4, -0.2) is 10.9 Å². The van der Waals surface area contributed by atoms with Crippen molar-refractivity contribution in [3.8, 4) is 0 Å². The van der Waals surface area contributed by atoms with Crippen LogP contribution in [0.2, 0.25) is 0 Å². The molecule has 104 valence electrons. The molecule has 1 saturated carbocycles. The fourth-order valence-corrected chi connectivity index (χ4v) is 3.06. The fourth-order valence-electron chi connectivity index (χ4n) is 2.06. The number of amides is 1. The molecule has 3 rings (SSSR count). The molecule has 1 amide bonds. The molecule has 1 fully saturated rings.